The van der Waals surface area contributed by atoms with Crippen molar-refractivity contribution in [2.24, 2.45) is 0 Å². The minimum Gasteiger partial charge on any atom is -0.311 e. The Labute approximate surface area is 114 Å². The molecule has 2 heterocycles. The molecule has 18 heavy (non-hydrogen) atoms. The molecule has 2 aliphatic rings. The Hall–Kier alpha value is -0.510. The molecule has 1 saturated heterocycles. The summed E-state index contributed by atoms with van der Waals surface area (Å²) >= 11 is 2.02. The first-order chi connectivity index (χ1) is 8.81. The van der Waals surface area contributed by atoms with Gasteiger partial charge >= 0.3 is 0 Å². The van der Waals surface area contributed by atoms with E-state index >= 15 is 0 Å². The number of thioether (sulfide) groups is 1. The van der Waals surface area contributed by atoms with Crippen LogP contribution in [-0.4, -0.2) is 43.4 Å². The van der Waals surface area contributed by atoms with E-state index in [4.69, 9.17) is 0 Å². The first-order valence-corrected chi connectivity index (χ1v) is 7.96. The monoisotopic (exact) mass is 262 g/mol. The van der Waals surface area contributed by atoms with Crippen LogP contribution in [0.1, 0.15) is 17.5 Å². The summed E-state index contributed by atoms with van der Waals surface area (Å²) in [7, 11) is 2.22. The molecule has 1 fully saturated rings. The molecule has 0 amide bonds. The zero-order valence-electron chi connectivity index (χ0n) is 11.1. The van der Waals surface area contributed by atoms with Gasteiger partial charge in [0.25, 0.3) is 0 Å². The molecule has 2 nitrogen and oxygen atoms in total. The molecule has 0 saturated carbocycles. The fourth-order valence-corrected chi connectivity index (χ4v) is 3.97. The highest BCUT2D eigenvalue weighted by atomic mass is 32.2. The Morgan fingerprint density at radius 1 is 1.44 bits per heavy atom. The van der Waals surface area contributed by atoms with E-state index in [9.17, 15) is 0 Å². The topological polar surface area (TPSA) is 15.3 Å². The highest BCUT2D eigenvalue weighted by Crippen LogP contribution is 2.30. The van der Waals surface area contributed by atoms with Gasteiger partial charge in [-0.3, -0.25) is 0 Å². The number of piperazine rings is 1. The van der Waals surface area contributed by atoms with E-state index < -0.39 is 0 Å². The van der Waals surface area contributed by atoms with Crippen LogP contribution in [0, 0.1) is 0 Å². The summed E-state index contributed by atoms with van der Waals surface area (Å²) in [6.45, 7) is 3.48. The first kappa shape index (κ1) is 12.5. The summed E-state index contributed by atoms with van der Waals surface area (Å²) in [6, 6.07) is 7.73. The number of benzene rings is 1. The lowest BCUT2D eigenvalue weighted by Crippen LogP contribution is -2.49. The number of aryl methyl sites for hydroxylation is 1. The SMILES string of the molecule is CN1CCNC(Cc2ccc3c(c2)CCCS3)C1. The second-order valence-corrected chi connectivity index (χ2v) is 6.65. The second-order valence-electron chi connectivity index (χ2n) is 5.51. The van der Waals surface area contributed by atoms with Crippen LogP contribution in [-0.2, 0) is 12.8 Å². The van der Waals surface area contributed by atoms with Crippen molar-refractivity contribution in [3.8, 4) is 0 Å². The van der Waals surface area contributed by atoms with Crippen molar-refractivity contribution in [2.45, 2.75) is 30.2 Å². The Bertz CT molecular complexity index is 419. The molecule has 3 rings (SSSR count). The predicted molar refractivity (Wildman–Crippen MR) is 78.5 cm³/mol. The van der Waals surface area contributed by atoms with Crippen molar-refractivity contribution in [3.05, 3.63) is 29.3 Å². The normalized spacial score (nSPS) is 24.8. The smallest absolute Gasteiger partial charge is 0.0235 e. The van der Waals surface area contributed by atoms with Gasteiger partial charge in [0.05, 0.1) is 0 Å². The van der Waals surface area contributed by atoms with Gasteiger partial charge in [0.2, 0.25) is 0 Å². The summed E-state index contributed by atoms with van der Waals surface area (Å²) in [4.78, 5) is 3.94. The lowest BCUT2D eigenvalue weighted by Gasteiger charge is -2.31. The average molecular weight is 262 g/mol. The van der Waals surface area contributed by atoms with Gasteiger partial charge < -0.3 is 10.2 Å². The van der Waals surface area contributed by atoms with Crippen LogP contribution < -0.4 is 5.32 Å². The molecule has 3 heteroatoms. The van der Waals surface area contributed by atoms with Crippen LogP contribution in [0.5, 0.6) is 0 Å². The minimum atomic E-state index is 0.623. The first-order valence-electron chi connectivity index (χ1n) is 6.98. The Balaban J connectivity index is 1.69. The summed E-state index contributed by atoms with van der Waals surface area (Å²) in [5.74, 6) is 1.29. The molecule has 0 bridgehead atoms. The molecule has 2 aliphatic heterocycles. The largest absolute Gasteiger partial charge is 0.311 e. The third kappa shape index (κ3) is 2.90. The van der Waals surface area contributed by atoms with Crippen LogP contribution in [0.15, 0.2) is 23.1 Å². The lowest BCUT2D eigenvalue weighted by atomic mass is 10.00. The second kappa shape index (κ2) is 5.64. The third-order valence-electron chi connectivity index (χ3n) is 3.91. The van der Waals surface area contributed by atoms with Gasteiger partial charge in [0.1, 0.15) is 0 Å². The van der Waals surface area contributed by atoms with Gasteiger partial charge in [0.15, 0.2) is 0 Å². The highest BCUT2D eigenvalue weighted by Gasteiger charge is 2.17. The van der Waals surface area contributed by atoms with Crippen molar-refractivity contribution in [1.82, 2.24) is 10.2 Å². The average Bonchev–Trinajstić information content (AvgIpc) is 2.39. The third-order valence-corrected chi connectivity index (χ3v) is 5.12. The summed E-state index contributed by atoms with van der Waals surface area (Å²) in [5.41, 5.74) is 3.08. The molecular weight excluding hydrogens is 240 g/mol. The van der Waals surface area contributed by atoms with Gasteiger partial charge in [0, 0.05) is 30.6 Å². The Morgan fingerprint density at radius 2 is 2.39 bits per heavy atom. The van der Waals surface area contributed by atoms with E-state index in [0.29, 0.717) is 6.04 Å². The summed E-state index contributed by atoms with van der Waals surface area (Å²) in [5, 5.41) is 3.63. The van der Waals surface area contributed by atoms with Gasteiger partial charge in [-0.2, -0.15) is 0 Å². The molecule has 1 atom stereocenters. The van der Waals surface area contributed by atoms with Crippen molar-refractivity contribution >= 4 is 11.8 Å². The number of nitrogens with one attached hydrogen (secondary N) is 1. The number of rotatable bonds is 2. The molecule has 1 unspecified atom stereocenters. The van der Waals surface area contributed by atoms with Gasteiger partial charge in [-0.1, -0.05) is 12.1 Å². The number of fused-ring (bicyclic) bond motifs is 1. The molecule has 0 aromatic heterocycles. The van der Waals surface area contributed by atoms with E-state index in [1.807, 2.05) is 11.8 Å². The van der Waals surface area contributed by atoms with Crippen molar-refractivity contribution in [1.29, 1.82) is 0 Å². The maximum Gasteiger partial charge on any atom is 0.0235 e. The van der Waals surface area contributed by atoms with Crippen molar-refractivity contribution in [3.63, 3.8) is 0 Å². The number of hydrogen-bond acceptors (Lipinski definition) is 3. The maximum absolute atomic E-state index is 3.63. The van der Waals surface area contributed by atoms with Crippen LogP contribution in [0.25, 0.3) is 0 Å². The fraction of sp³-hybridized carbons (Fsp3) is 0.600. The number of likely N-dealkylation sites (N-methyl/N-ethyl adjacent to an activating group) is 1. The van der Waals surface area contributed by atoms with E-state index in [2.05, 4.69) is 35.5 Å². The Kier molecular flexibility index (Phi) is 3.92. The van der Waals surface area contributed by atoms with Crippen LogP contribution in [0.4, 0.5) is 0 Å². The van der Waals surface area contributed by atoms with Crippen LogP contribution in [0.3, 0.4) is 0 Å². The van der Waals surface area contributed by atoms with Crippen LogP contribution in [0.2, 0.25) is 0 Å². The van der Waals surface area contributed by atoms with Gasteiger partial charge in [-0.25, -0.2) is 0 Å². The molecule has 1 N–H and O–H groups in total. The van der Waals surface area contributed by atoms with Crippen molar-refractivity contribution < 1.29 is 0 Å². The molecule has 1 aromatic rings. The zero-order chi connectivity index (χ0) is 12.4. The molecule has 98 valence electrons. The highest BCUT2D eigenvalue weighted by molar-refractivity contribution is 7.99. The van der Waals surface area contributed by atoms with Crippen LogP contribution >= 0.6 is 11.8 Å². The molecule has 0 radical (unpaired) electrons. The van der Waals surface area contributed by atoms with Gasteiger partial charge in [-0.15, -0.1) is 11.8 Å². The fourth-order valence-electron chi connectivity index (χ4n) is 2.95. The molecule has 0 spiro atoms. The minimum absolute atomic E-state index is 0.623. The standard InChI is InChI=1S/C15H22N2S/c1-17-7-6-16-14(11-17)10-12-4-5-15-13(9-12)3-2-8-18-15/h4-5,9,14,16H,2-3,6-8,10-11H2,1H3. The van der Waals surface area contributed by atoms with E-state index in [1.165, 1.54) is 48.6 Å². The van der Waals surface area contributed by atoms with E-state index in [0.717, 1.165) is 6.54 Å². The summed E-state index contributed by atoms with van der Waals surface area (Å²) < 4.78 is 0. The molecular formula is C15H22N2S. The van der Waals surface area contributed by atoms with E-state index in [-0.39, 0.29) is 0 Å². The number of hydrogen-bond donors (Lipinski definition) is 1. The van der Waals surface area contributed by atoms with Gasteiger partial charge in [-0.05, 0) is 49.3 Å². The summed E-state index contributed by atoms with van der Waals surface area (Å²) in [6.07, 6.45) is 3.78. The maximum atomic E-state index is 3.63. The molecule has 0 aliphatic carbocycles. The quantitative estimate of drug-likeness (QED) is 0.879. The van der Waals surface area contributed by atoms with Crippen molar-refractivity contribution in [2.75, 3.05) is 32.4 Å². The molecule has 1 aromatic carbocycles. The predicted octanol–water partition coefficient (Wildman–Crippen LogP) is 2.17. The Morgan fingerprint density at radius 3 is 3.28 bits per heavy atom. The number of nitrogens with zero attached hydrogens (tertiary/aromatic N) is 1. The zero-order valence-corrected chi connectivity index (χ0v) is 11.9. The van der Waals surface area contributed by atoms with E-state index in [1.54, 1.807) is 5.56 Å². The lowest BCUT2D eigenvalue weighted by molar-refractivity contribution is 0.238.